The third-order valence-corrected chi connectivity index (χ3v) is 13.8. The maximum atomic E-state index is 13.7. The number of aryl methyl sites for hydroxylation is 2. The van der Waals surface area contributed by atoms with E-state index in [4.69, 9.17) is 18.9 Å². The van der Waals surface area contributed by atoms with Crippen LogP contribution in [0.15, 0.2) is 72.8 Å². The Labute approximate surface area is 466 Å². The van der Waals surface area contributed by atoms with Gasteiger partial charge in [-0.3, -0.25) is 0 Å². The summed E-state index contributed by atoms with van der Waals surface area (Å²) in [6.07, 6.45) is -28.9. The van der Waals surface area contributed by atoms with E-state index in [0.717, 1.165) is 33.9 Å². The largest absolute Gasteiger partial charge is 0.416 e. The number of hydrogen-bond donors (Lipinski definition) is 0. The Morgan fingerprint density at radius 2 is 0.738 bits per heavy atom. The van der Waals surface area contributed by atoms with Crippen LogP contribution >= 0.6 is 0 Å². The highest BCUT2D eigenvalue weighted by molar-refractivity contribution is 5.44. The molecular weight excluding hydrogens is 1170 g/mol. The van der Waals surface area contributed by atoms with E-state index in [2.05, 4.69) is 30.8 Å². The van der Waals surface area contributed by atoms with Crippen molar-refractivity contribution in [2.24, 2.45) is 25.9 Å². The van der Waals surface area contributed by atoms with E-state index in [1.807, 2.05) is 0 Å². The topological polar surface area (TPSA) is 131 Å². The van der Waals surface area contributed by atoms with Crippen molar-refractivity contribution in [1.82, 2.24) is 40.4 Å². The molecule has 8 rings (SSSR count). The fraction of sp³-hybridized carbons (Fsp3) is 0.500. The molecular formula is C52H52F18N10O4. The lowest BCUT2D eigenvalue weighted by Gasteiger charge is -2.32. The second-order valence-corrected chi connectivity index (χ2v) is 19.7. The van der Waals surface area contributed by atoms with Crippen molar-refractivity contribution in [3.05, 3.63) is 140 Å². The number of hydrogen-bond acceptors (Lipinski definition) is 12. The first-order valence-corrected chi connectivity index (χ1v) is 25.3. The predicted octanol–water partition coefficient (Wildman–Crippen LogP) is 13.2. The highest BCUT2D eigenvalue weighted by Crippen LogP contribution is 2.43. The molecule has 32 heteroatoms. The van der Waals surface area contributed by atoms with Crippen molar-refractivity contribution >= 4 is 11.9 Å². The number of halogens is 18. The van der Waals surface area contributed by atoms with Crippen LogP contribution in [0, 0.1) is 11.8 Å². The van der Waals surface area contributed by atoms with E-state index in [1.165, 1.54) is 50.2 Å². The molecule has 0 amide bonds. The average Bonchev–Trinajstić information content (AvgIpc) is 3.88. The lowest BCUT2D eigenvalue weighted by Crippen LogP contribution is -2.28. The minimum absolute atomic E-state index is 0.00358. The smallest absolute Gasteiger partial charge is 0.381 e. The Hall–Kier alpha value is -6.80. The number of rotatable bonds is 16. The summed E-state index contributed by atoms with van der Waals surface area (Å²) >= 11 is 0. The van der Waals surface area contributed by atoms with Crippen LogP contribution in [0.4, 0.5) is 90.9 Å². The summed E-state index contributed by atoms with van der Waals surface area (Å²) in [4.78, 5) is 4.34. The Morgan fingerprint density at radius 1 is 0.440 bits per heavy atom. The third-order valence-electron chi connectivity index (χ3n) is 13.8. The lowest BCUT2D eigenvalue weighted by molar-refractivity contribution is -0.144. The van der Waals surface area contributed by atoms with Gasteiger partial charge in [0, 0.05) is 66.8 Å². The van der Waals surface area contributed by atoms with Crippen LogP contribution in [0.3, 0.4) is 0 Å². The molecule has 4 aromatic carbocycles. The van der Waals surface area contributed by atoms with Crippen molar-refractivity contribution in [2.45, 2.75) is 101 Å². The number of tetrazole rings is 2. The Bertz CT molecular complexity index is 2870. The molecule has 2 fully saturated rings. The monoisotopic (exact) mass is 1220 g/mol. The maximum absolute atomic E-state index is 13.7. The summed E-state index contributed by atoms with van der Waals surface area (Å²) in [5, 5.41) is 23.0. The fourth-order valence-electron chi connectivity index (χ4n) is 9.85. The van der Waals surface area contributed by atoms with Gasteiger partial charge in [-0.15, -0.1) is 10.2 Å². The van der Waals surface area contributed by atoms with Crippen LogP contribution in [-0.2, 0) is 96.3 Å². The van der Waals surface area contributed by atoms with Crippen LogP contribution in [-0.4, -0.2) is 81.1 Å². The molecule has 460 valence electrons. The minimum atomic E-state index is -5.09. The van der Waals surface area contributed by atoms with Crippen molar-refractivity contribution in [3.8, 4) is 0 Å². The first-order valence-electron chi connectivity index (χ1n) is 25.3. The van der Waals surface area contributed by atoms with Crippen molar-refractivity contribution in [3.63, 3.8) is 0 Å². The normalized spacial score (nSPS) is 16.1. The molecule has 0 radical (unpaired) electrons. The van der Waals surface area contributed by atoms with Gasteiger partial charge in [-0.05, 0) is 142 Å². The molecule has 2 saturated heterocycles. The van der Waals surface area contributed by atoms with Gasteiger partial charge in [0.2, 0.25) is 0 Å². The zero-order valence-electron chi connectivity index (χ0n) is 44.6. The number of nitrogens with zero attached hydrogens (tertiary/aromatic N) is 10. The fourth-order valence-corrected chi connectivity index (χ4v) is 9.85. The number of anilines is 2. The van der Waals surface area contributed by atoms with E-state index < -0.39 is 120 Å². The zero-order valence-corrected chi connectivity index (χ0v) is 44.6. The molecule has 2 aromatic heterocycles. The maximum Gasteiger partial charge on any atom is 0.416 e. The van der Waals surface area contributed by atoms with Crippen LogP contribution in [0.5, 0.6) is 0 Å². The molecule has 0 saturated carbocycles. The quantitative estimate of drug-likeness (QED) is 0.0855. The minimum Gasteiger partial charge on any atom is -0.381 e. The molecule has 4 heterocycles. The first-order chi connectivity index (χ1) is 39.1. The van der Waals surface area contributed by atoms with E-state index in [-0.39, 0.29) is 47.0 Å². The highest BCUT2D eigenvalue weighted by Gasteiger charge is 2.41. The van der Waals surface area contributed by atoms with E-state index in [1.54, 1.807) is 0 Å². The van der Waals surface area contributed by atoms with Crippen LogP contribution in [0.2, 0.25) is 0 Å². The van der Waals surface area contributed by atoms with Gasteiger partial charge >= 0.3 is 37.1 Å². The summed E-state index contributed by atoms with van der Waals surface area (Å²) in [6.45, 7) is -0.343. The van der Waals surface area contributed by atoms with Gasteiger partial charge in [-0.1, -0.05) is 22.3 Å². The van der Waals surface area contributed by atoms with Crippen molar-refractivity contribution < 1.29 is 98.0 Å². The predicted molar refractivity (Wildman–Crippen MR) is 260 cm³/mol. The standard InChI is InChI=1S/2C26H26F9N5O2/c2*1-39-37-23(36-38-39)40(13-15-9-19(25(30,31)32)12-20(10-15)26(33,34)35)14-17-11-18(24(27,28)29)3-4-21(17)22(41-2)16-5-7-42-8-6-16/h2*3-4,9-12,16,22H,5-8,13-14H2,1-2H3/t2*22-/m10/s1. The molecule has 0 bridgehead atoms. The number of alkyl halides is 18. The molecule has 6 aromatic rings. The molecule has 14 nitrogen and oxygen atoms in total. The summed E-state index contributed by atoms with van der Waals surface area (Å²) in [7, 11) is 5.57. The molecule has 0 unspecified atom stereocenters. The van der Waals surface area contributed by atoms with Crippen LogP contribution in [0.1, 0.15) is 105 Å². The highest BCUT2D eigenvalue weighted by atomic mass is 19.4. The number of ether oxygens (including phenoxy) is 4. The first kappa shape index (κ1) is 64.8. The molecule has 0 N–H and O–H groups in total. The molecule has 2 atom stereocenters. The molecule has 2 aliphatic heterocycles. The summed E-state index contributed by atoms with van der Waals surface area (Å²) in [5.41, 5.74) is -8.00. The Balaban J connectivity index is 0.000000241. The second kappa shape index (κ2) is 25.8. The Morgan fingerprint density at radius 3 is 0.988 bits per heavy atom. The van der Waals surface area contributed by atoms with Gasteiger partial charge in [-0.2, -0.15) is 88.6 Å². The number of methoxy groups -OCH3 is 2. The molecule has 2 aliphatic rings. The van der Waals surface area contributed by atoms with Crippen LogP contribution in [0.25, 0.3) is 0 Å². The SMILES string of the molecule is CO[C@@H](c1ccc(C(F)(F)F)cc1CN(Cc1cc(C(F)(F)F)cc(C(F)(F)F)c1)c1nnn(C)n1)C1CCOCC1.CO[C@H](c1ccc(C(F)(F)F)cc1CN(Cc1cc(C(F)(F)F)cc(C(F)(F)F)c1)c1nnn(C)n1)C1CCOCC1. The second-order valence-electron chi connectivity index (χ2n) is 19.7. The summed E-state index contributed by atoms with van der Waals surface area (Å²) in [6, 6.07) is 8.30. The lowest BCUT2D eigenvalue weighted by atomic mass is 9.86. The average molecular weight is 1220 g/mol. The van der Waals surface area contributed by atoms with Gasteiger partial charge in [0.05, 0.1) is 59.7 Å². The van der Waals surface area contributed by atoms with Crippen molar-refractivity contribution in [2.75, 3.05) is 50.4 Å². The summed E-state index contributed by atoms with van der Waals surface area (Å²) < 4.78 is 267. The molecule has 0 spiro atoms. The van der Waals surface area contributed by atoms with Crippen LogP contribution < -0.4 is 9.80 Å². The van der Waals surface area contributed by atoms with Gasteiger partial charge in [0.15, 0.2) is 0 Å². The Kier molecular flexibility index (Phi) is 19.9. The van der Waals surface area contributed by atoms with E-state index >= 15 is 0 Å². The van der Waals surface area contributed by atoms with Gasteiger partial charge < -0.3 is 28.7 Å². The van der Waals surface area contributed by atoms with Crippen molar-refractivity contribution in [1.29, 1.82) is 0 Å². The molecule has 84 heavy (non-hydrogen) atoms. The van der Waals surface area contributed by atoms with Gasteiger partial charge in [0.25, 0.3) is 11.9 Å². The van der Waals surface area contributed by atoms with E-state index in [9.17, 15) is 79.0 Å². The zero-order chi connectivity index (χ0) is 61.7. The van der Waals surface area contributed by atoms with Gasteiger partial charge in [-0.25, -0.2) is 0 Å². The van der Waals surface area contributed by atoms with E-state index in [0.29, 0.717) is 87.5 Å². The number of aromatic nitrogens is 8. The third kappa shape index (κ3) is 16.8. The van der Waals surface area contributed by atoms with Gasteiger partial charge in [0.1, 0.15) is 0 Å². The summed E-state index contributed by atoms with van der Waals surface area (Å²) in [5.74, 6) is -0.654. The molecule has 0 aliphatic carbocycles. The number of benzene rings is 4.